The first-order valence-corrected chi connectivity index (χ1v) is 4.26. The first kappa shape index (κ1) is 12.1. The third-order valence-corrected chi connectivity index (χ3v) is 2.00. The Balaban J connectivity index is 3.06. The van der Waals surface area contributed by atoms with Crippen LogP contribution in [0.25, 0.3) is 0 Å². The van der Waals surface area contributed by atoms with Crippen molar-refractivity contribution in [3.05, 3.63) is 35.1 Å². The first-order valence-electron chi connectivity index (χ1n) is 4.26. The maximum absolute atomic E-state index is 13.3. The molecule has 6 heteroatoms. The Hall–Kier alpha value is -1.97. The normalized spacial score (nSPS) is 13.9. The van der Waals surface area contributed by atoms with Crippen molar-refractivity contribution in [1.29, 1.82) is 5.26 Å². The van der Waals surface area contributed by atoms with Gasteiger partial charge in [0.2, 0.25) is 0 Å². The predicted molar refractivity (Wildman–Crippen MR) is 49.7 cm³/mol. The van der Waals surface area contributed by atoms with Crippen molar-refractivity contribution in [1.82, 2.24) is 0 Å². The lowest BCUT2D eigenvalue weighted by atomic mass is 10.0. The summed E-state index contributed by atoms with van der Waals surface area (Å²) in [6, 6.07) is 4.82. The average molecular weight is 225 g/mol. The van der Waals surface area contributed by atoms with Crippen molar-refractivity contribution in [2.45, 2.75) is 12.2 Å². The number of aliphatic carboxylic acids is 1. The molecule has 1 aromatic carbocycles. The lowest BCUT2D eigenvalue weighted by Gasteiger charge is -2.14. The van der Waals surface area contributed by atoms with Gasteiger partial charge in [0.05, 0.1) is 11.6 Å². The van der Waals surface area contributed by atoms with Gasteiger partial charge in [-0.1, -0.05) is 6.07 Å². The van der Waals surface area contributed by atoms with E-state index in [1.165, 1.54) is 6.07 Å². The molecular formula is C10H8FNO4. The summed E-state index contributed by atoms with van der Waals surface area (Å²) in [6.07, 6.45) is -3.98. The van der Waals surface area contributed by atoms with Gasteiger partial charge in [0.1, 0.15) is 11.9 Å². The Morgan fingerprint density at radius 1 is 1.44 bits per heavy atom. The van der Waals surface area contributed by atoms with Gasteiger partial charge in [-0.2, -0.15) is 5.26 Å². The van der Waals surface area contributed by atoms with E-state index in [4.69, 9.17) is 15.5 Å². The molecule has 0 aliphatic heterocycles. The van der Waals surface area contributed by atoms with E-state index in [-0.39, 0.29) is 11.1 Å². The number of carboxylic acids is 1. The standard InChI is InChI=1S/C10H8FNO4/c11-7-3-5(4-12)1-2-6(7)8(13)9(14)10(15)16/h1-3,8-9,13-14H,(H,15,16). The second-order valence-corrected chi connectivity index (χ2v) is 3.08. The Morgan fingerprint density at radius 3 is 2.50 bits per heavy atom. The fraction of sp³-hybridized carbons (Fsp3) is 0.200. The number of hydrogen-bond donors (Lipinski definition) is 3. The maximum Gasteiger partial charge on any atom is 0.335 e. The quantitative estimate of drug-likeness (QED) is 0.680. The van der Waals surface area contributed by atoms with E-state index in [2.05, 4.69) is 0 Å². The van der Waals surface area contributed by atoms with Gasteiger partial charge in [-0.05, 0) is 12.1 Å². The molecule has 2 atom stereocenters. The Bertz CT molecular complexity index is 455. The molecule has 0 saturated carbocycles. The molecule has 0 bridgehead atoms. The highest BCUT2D eigenvalue weighted by atomic mass is 19.1. The zero-order valence-electron chi connectivity index (χ0n) is 7.96. The Kier molecular flexibility index (Phi) is 3.55. The Morgan fingerprint density at radius 2 is 2.06 bits per heavy atom. The van der Waals surface area contributed by atoms with Gasteiger partial charge in [-0.3, -0.25) is 0 Å². The van der Waals surface area contributed by atoms with Crippen LogP contribution >= 0.6 is 0 Å². The van der Waals surface area contributed by atoms with E-state index in [0.29, 0.717) is 0 Å². The minimum absolute atomic E-state index is 0.0401. The molecule has 0 fully saturated rings. The lowest BCUT2D eigenvalue weighted by Crippen LogP contribution is -2.28. The monoisotopic (exact) mass is 225 g/mol. The van der Waals surface area contributed by atoms with E-state index in [9.17, 15) is 14.3 Å². The summed E-state index contributed by atoms with van der Waals surface area (Å²) in [5, 5.41) is 35.3. The molecule has 0 saturated heterocycles. The zero-order chi connectivity index (χ0) is 12.3. The van der Waals surface area contributed by atoms with E-state index in [1.807, 2.05) is 0 Å². The second-order valence-electron chi connectivity index (χ2n) is 3.08. The molecule has 0 spiro atoms. The van der Waals surface area contributed by atoms with Crippen molar-refractivity contribution >= 4 is 5.97 Å². The number of carbonyl (C=O) groups is 1. The Labute approximate surface area is 90.0 Å². The minimum atomic E-state index is -2.11. The molecule has 1 aromatic rings. The van der Waals surface area contributed by atoms with Crippen LogP contribution in [0.1, 0.15) is 17.2 Å². The highest BCUT2D eigenvalue weighted by Crippen LogP contribution is 2.21. The van der Waals surface area contributed by atoms with E-state index in [1.54, 1.807) is 6.07 Å². The summed E-state index contributed by atoms with van der Waals surface area (Å²) in [6.45, 7) is 0. The van der Waals surface area contributed by atoms with Crippen LogP contribution in [0.2, 0.25) is 0 Å². The summed E-state index contributed by atoms with van der Waals surface area (Å²) in [5.41, 5.74) is -0.327. The number of hydrogen-bond acceptors (Lipinski definition) is 4. The molecule has 3 N–H and O–H groups in total. The highest BCUT2D eigenvalue weighted by Gasteiger charge is 2.27. The van der Waals surface area contributed by atoms with Crippen LogP contribution in [0.5, 0.6) is 0 Å². The molecule has 0 aliphatic rings. The molecule has 84 valence electrons. The highest BCUT2D eigenvalue weighted by molar-refractivity contribution is 5.73. The number of benzene rings is 1. The molecule has 16 heavy (non-hydrogen) atoms. The van der Waals surface area contributed by atoms with E-state index >= 15 is 0 Å². The third kappa shape index (κ3) is 2.34. The van der Waals surface area contributed by atoms with Crippen LogP contribution in [0.15, 0.2) is 18.2 Å². The van der Waals surface area contributed by atoms with Crippen LogP contribution in [-0.2, 0) is 4.79 Å². The summed E-state index contributed by atoms with van der Waals surface area (Å²) in [4.78, 5) is 10.4. The molecular weight excluding hydrogens is 217 g/mol. The number of nitriles is 1. The minimum Gasteiger partial charge on any atom is -0.479 e. The van der Waals surface area contributed by atoms with Gasteiger partial charge in [0.25, 0.3) is 0 Å². The van der Waals surface area contributed by atoms with Crippen LogP contribution in [-0.4, -0.2) is 27.4 Å². The molecule has 0 heterocycles. The number of aliphatic hydroxyl groups is 2. The fourth-order valence-electron chi connectivity index (χ4n) is 1.14. The van der Waals surface area contributed by atoms with Crippen LogP contribution in [0, 0.1) is 17.1 Å². The van der Waals surface area contributed by atoms with Gasteiger partial charge < -0.3 is 15.3 Å². The maximum atomic E-state index is 13.3. The first-order chi connectivity index (χ1) is 7.47. The van der Waals surface area contributed by atoms with Gasteiger partial charge in [-0.15, -0.1) is 0 Å². The largest absolute Gasteiger partial charge is 0.479 e. The average Bonchev–Trinajstić information content (AvgIpc) is 2.26. The SMILES string of the molecule is N#Cc1ccc(C(O)C(O)C(=O)O)c(F)c1. The number of carboxylic acid groups (broad SMARTS) is 1. The van der Waals surface area contributed by atoms with Crippen molar-refractivity contribution in [3.63, 3.8) is 0 Å². The smallest absolute Gasteiger partial charge is 0.335 e. The van der Waals surface area contributed by atoms with Crippen molar-refractivity contribution in [2.75, 3.05) is 0 Å². The lowest BCUT2D eigenvalue weighted by molar-refractivity contribution is -0.153. The molecule has 0 radical (unpaired) electrons. The van der Waals surface area contributed by atoms with Gasteiger partial charge in [0, 0.05) is 5.56 Å². The van der Waals surface area contributed by atoms with Crippen LogP contribution in [0.3, 0.4) is 0 Å². The second kappa shape index (κ2) is 4.70. The van der Waals surface area contributed by atoms with Gasteiger partial charge in [0.15, 0.2) is 6.10 Å². The van der Waals surface area contributed by atoms with Crippen molar-refractivity contribution in [3.8, 4) is 6.07 Å². The molecule has 2 unspecified atom stereocenters. The number of rotatable bonds is 3. The van der Waals surface area contributed by atoms with Crippen LogP contribution < -0.4 is 0 Å². The number of halogens is 1. The summed E-state index contributed by atoms with van der Waals surface area (Å²) in [5.74, 6) is -2.59. The number of aliphatic hydroxyl groups excluding tert-OH is 2. The molecule has 0 aliphatic carbocycles. The fourth-order valence-corrected chi connectivity index (χ4v) is 1.14. The topological polar surface area (TPSA) is 102 Å². The summed E-state index contributed by atoms with van der Waals surface area (Å²) >= 11 is 0. The molecule has 0 amide bonds. The van der Waals surface area contributed by atoms with Crippen molar-refractivity contribution < 1.29 is 24.5 Å². The van der Waals surface area contributed by atoms with E-state index < -0.39 is 24.0 Å². The van der Waals surface area contributed by atoms with Crippen molar-refractivity contribution in [2.24, 2.45) is 0 Å². The third-order valence-electron chi connectivity index (χ3n) is 2.00. The predicted octanol–water partition coefficient (Wildman–Crippen LogP) is 0.176. The summed E-state index contributed by atoms with van der Waals surface area (Å²) in [7, 11) is 0. The van der Waals surface area contributed by atoms with Gasteiger partial charge >= 0.3 is 5.97 Å². The van der Waals surface area contributed by atoms with E-state index in [0.717, 1.165) is 12.1 Å². The number of nitrogens with zero attached hydrogens (tertiary/aromatic N) is 1. The van der Waals surface area contributed by atoms with Gasteiger partial charge in [-0.25, -0.2) is 9.18 Å². The molecule has 0 aromatic heterocycles. The molecule has 5 nitrogen and oxygen atoms in total. The van der Waals surface area contributed by atoms with Crippen LogP contribution in [0.4, 0.5) is 4.39 Å². The summed E-state index contributed by atoms with van der Waals surface area (Å²) < 4.78 is 13.3. The molecule has 1 rings (SSSR count). The zero-order valence-corrected chi connectivity index (χ0v) is 7.96.